The predicted molar refractivity (Wildman–Crippen MR) is 156 cm³/mol. The predicted octanol–water partition coefficient (Wildman–Crippen LogP) is 2.50. The molecule has 2 bridgehead atoms. The number of rotatable bonds is 8. The number of aliphatic hydroxyl groups is 1. The molecule has 0 amide bonds. The maximum atomic E-state index is 10.3. The lowest BCUT2D eigenvalue weighted by Gasteiger charge is -2.46. The molecular weight excluding hydrogens is 535 g/mol. The van der Waals surface area contributed by atoms with Crippen LogP contribution < -0.4 is 16.1 Å². The molecule has 3 saturated heterocycles. The standard InChI is InChI=1S/C29H33BN8O4/c1-28(2)24-20(30(40)42-28)16-32-27(35-24)34-23-14-21(33-22(17-39)18-6-4-3-5-7-18)19(15-31-23)25-36-26(37-41-25)29-8-11-38(12-9-29)13-10-29/h3-7,14-16,22,39-40H,8-13,17H2,1-2H3,(H2,31,32,33,34,35)/t22-/m1/s1. The largest absolute Gasteiger partial charge is 0.495 e. The van der Waals surface area contributed by atoms with E-state index in [4.69, 9.17) is 14.2 Å². The van der Waals surface area contributed by atoms with Crippen molar-refractivity contribution in [2.24, 2.45) is 0 Å². The van der Waals surface area contributed by atoms with Crippen LogP contribution in [-0.4, -0.2) is 73.5 Å². The Balaban J connectivity index is 1.23. The maximum Gasteiger partial charge on any atom is 0.495 e. The lowest BCUT2D eigenvalue weighted by Crippen LogP contribution is -2.51. The zero-order chi connectivity index (χ0) is 28.9. The summed E-state index contributed by atoms with van der Waals surface area (Å²) in [6, 6.07) is 11.2. The molecule has 4 N–H and O–H groups in total. The van der Waals surface area contributed by atoms with Gasteiger partial charge in [0.1, 0.15) is 5.82 Å². The number of hydrogen-bond donors (Lipinski definition) is 4. The Morgan fingerprint density at radius 3 is 2.55 bits per heavy atom. The van der Waals surface area contributed by atoms with Crippen molar-refractivity contribution >= 4 is 30.0 Å². The van der Waals surface area contributed by atoms with E-state index in [2.05, 4.69) is 35.6 Å². The van der Waals surface area contributed by atoms with Gasteiger partial charge in [-0.1, -0.05) is 35.5 Å². The summed E-state index contributed by atoms with van der Waals surface area (Å²) in [5, 5.41) is 31.6. The summed E-state index contributed by atoms with van der Waals surface area (Å²) >= 11 is 0. The van der Waals surface area contributed by atoms with Crippen molar-refractivity contribution in [3.8, 4) is 11.5 Å². The van der Waals surface area contributed by atoms with Crippen LogP contribution in [0.1, 0.15) is 56.2 Å². The average Bonchev–Trinajstić information content (AvgIpc) is 3.60. The minimum atomic E-state index is -1.06. The highest BCUT2D eigenvalue weighted by atomic mass is 16.5. The highest BCUT2D eigenvalue weighted by molar-refractivity contribution is 6.61. The SMILES string of the molecule is CC1(C)OB(O)c2cnc(Nc3cc(N[C@H](CO)c4ccccc4)c(-c4nc(C56CCN(CC5)CC6)no4)cn3)nc21. The molecule has 216 valence electrons. The van der Waals surface area contributed by atoms with Gasteiger partial charge in [0.25, 0.3) is 5.89 Å². The summed E-state index contributed by atoms with van der Waals surface area (Å²) in [5.74, 6) is 1.92. The van der Waals surface area contributed by atoms with E-state index in [1.807, 2.05) is 50.2 Å². The minimum absolute atomic E-state index is 0.0489. The molecule has 4 aliphatic heterocycles. The molecule has 1 aromatic carbocycles. The van der Waals surface area contributed by atoms with Gasteiger partial charge in [0, 0.05) is 29.3 Å². The van der Waals surface area contributed by atoms with Crippen LogP contribution in [0.25, 0.3) is 11.5 Å². The molecule has 4 aromatic rings. The molecule has 1 atom stereocenters. The molecule has 4 aliphatic rings. The number of anilines is 3. The second kappa shape index (κ2) is 10.4. The number of aliphatic hydroxyl groups excluding tert-OH is 1. The first-order valence-electron chi connectivity index (χ1n) is 14.3. The van der Waals surface area contributed by atoms with Crippen molar-refractivity contribution in [2.75, 3.05) is 36.9 Å². The van der Waals surface area contributed by atoms with Gasteiger partial charge in [0.05, 0.1) is 35.2 Å². The van der Waals surface area contributed by atoms with E-state index < -0.39 is 12.7 Å². The van der Waals surface area contributed by atoms with Gasteiger partial charge in [-0.3, -0.25) is 0 Å². The first-order chi connectivity index (χ1) is 20.3. The lowest BCUT2D eigenvalue weighted by molar-refractivity contribution is 0.0747. The van der Waals surface area contributed by atoms with Gasteiger partial charge in [-0.15, -0.1) is 0 Å². The van der Waals surface area contributed by atoms with Gasteiger partial charge < -0.3 is 34.8 Å². The summed E-state index contributed by atoms with van der Waals surface area (Å²) in [4.78, 5) is 21.0. The number of aromatic nitrogens is 5. The smallest absolute Gasteiger partial charge is 0.423 e. The van der Waals surface area contributed by atoms with Crippen molar-refractivity contribution in [3.05, 3.63) is 65.9 Å². The molecule has 0 aliphatic carbocycles. The van der Waals surface area contributed by atoms with E-state index in [1.54, 1.807) is 12.4 Å². The van der Waals surface area contributed by atoms with Gasteiger partial charge in [0.2, 0.25) is 5.95 Å². The minimum Gasteiger partial charge on any atom is -0.423 e. The van der Waals surface area contributed by atoms with E-state index in [-0.39, 0.29) is 18.1 Å². The van der Waals surface area contributed by atoms with E-state index in [0.29, 0.717) is 40.1 Å². The number of hydrogen-bond acceptors (Lipinski definition) is 12. The average molecular weight is 568 g/mol. The zero-order valence-electron chi connectivity index (χ0n) is 23.6. The number of nitrogens with zero attached hydrogens (tertiary/aromatic N) is 6. The van der Waals surface area contributed by atoms with E-state index >= 15 is 0 Å². The monoisotopic (exact) mass is 568 g/mol. The summed E-state index contributed by atoms with van der Waals surface area (Å²) < 4.78 is 11.5. The molecule has 3 aromatic heterocycles. The Morgan fingerprint density at radius 2 is 1.81 bits per heavy atom. The second-order valence-electron chi connectivity index (χ2n) is 11.8. The Kier molecular flexibility index (Phi) is 6.69. The first-order valence-corrected chi connectivity index (χ1v) is 14.3. The van der Waals surface area contributed by atoms with E-state index in [1.165, 1.54) is 0 Å². The molecule has 0 spiro atoms. The van der Waals surface area contributed by atoms with E-state index in [0.717, 1.165) is 50.3 Å². The molecule has 3 fully saturated rings. The fourth-order valence-corrected chi connectivity index (χ4v) is 6.26. The highest BCUT2D eigenvalue weighted by Crippen LogP contribution is 2.42. The molecule has 0 saturated carbocycles. The van der Waals surface area contributed by atoms with Crippen LogP contribution in [0.5, 0.6) is 0 Å². The van der Waals surface area contributed by atoms with Gasteiger partial charge >= 0.3 is 7.12 Å². The third-order valence-electron chi connectivity index (χ3n) is 8.77. The van der Waals surface area contributed by atoms with Crippen LogP contribution in [0.4, 0.5) is 17.5 Å². The third-order valence-corrected chi connectivity index (χ3v) is 8.77. The molecule has 7 heterocycles. The topological polar surface area (TPSA) is 155 Å². The number of piperidine rings is 3. The summed E-state index contributed by atoms with van der Waals surface area (Å²) in [7, 11) is -1.06. The van der Waals surface area contributed by atoms with Gasteiger partial charge in [-0.05, 0) is 58.3 Å². The quantitative estimate of drug-likeness (QED) is 0.231. The summed E-state index contributed by atoms with van der Waals surface area (Å²) in [6.45, 7) is 6.74. The normalized spacial score (nSPS) is 23.0. The Labute approximate surface area is 243 Å². The number of fused-ring (bicyclic) bond motifs is 4. The summed E-state index contributed by atoms with van der Waals surface area (Å²) in [5.41, 5.74) is 2.56. The maximum absolute atomic E-state index is 10.3. The molecule has 8 rings (SSSR count). The van der Waals surface area contributed by atoms with Crippen molar-refractivity contribution in [1.82, 2.24) is 30.0 Å². The Morgan fingerprint density at radius 1 is 1.05 bits per heavy atom. The summed E-state index contributed by atoms with van der Waals surface area (Å²) in [6.07, 6.45) is 6.31. The third kappa shape index (κ3) is 4.81. The van der Waals surface area contributed by atoms with Crippen molar-refractivity contribution in [3.63, 3.8) is 0 Å². The highest BCUT2D eigenvalue weighted by Gasteiger charge is 2.44. The van der Waals surface area contributed by atoms with Crippen molar-refractivity contribution < 1.29 is 19.3 Å². The van der Waals surface area contributed by atoms with Gasteiger partial charge in [0.15, 0.2) is 5.82 Å². The first kappa shape index (κ1) is 27.0. The van der Waals surface area contributed by atoms with Crippen LogP contribution in [0, 0.1) is 0 Å². The lowest BCUT2D eigenvalue weighted by atomic mass is 9.71. The fourth-order valence-electron chi connectivity index (χ4n) is 6.26. The van der Waals surface area contributed by atoms with Crippen LogP contribution in [0.15, 0.2) is 53.3 Å². The van der Waals surface area contributed by atoms with Gasteiger partial charge in [-0.2, -0.15) is 4.98 Å². The van der Waals surface area contributed by atoms with Crippen molar-refractivity contribution in [1.29, 1.82) is 0 Å². The molecule has 0 radical (unpaired) electrons. The van der Waals surface area contributed by atoms with Crippen LogP contribution in [0.2, 0.25) is 0 Å². The van der Waals surface area contributed by atoms with Crippen molar-refractivity contribution in [2.45, 2.75) is 50.2 Å². The Bertz CT molecular complexity index is 1580. The Hall–Kier alpha value is -3.91. The second-order valence-corrected chi connectivity index (χ2v) is 11.8. The molecule has 0 unspecified atom stereocenters. The molecular formula is C29H33BN8O4. The van der Waals surface area contributed by atoms with E-state index in [9.17, 15) is 10.1 Å². The van der Waals surface area contributed by atoms with Gasteiger partial charge in [-0.25, -0.2) is 15.0 Å². The molecule has 42 heavy (non-hydrogen) atoms. The zero-order valence-corrected chi connectivity index (χ0v) is 23.6. The van der Waals surface area contributed by atoms with Crippen LogP contribution >= 0.6 is 0 Å². The molecule has 13 heteroatoms. The number of benzene rings is 1. The molecule has 12 nitrogen and oxygen atoms in total. The fraction of sp³-hybridized carbons (Fsp3) is 0.414. The van der Waals surface area contributed by atoms with Crippen LogP contribution in [-0.2, 0) is 15.7 Å². The number of pyridine rings is 1. The van der Waals surface area contributed by atoms with Crippen LogP contribution in [0.3, 0.4) is 0 Å². The number of nitrogens with one attached hydrogen (secondary N) is 2.